The van der Waals surface area contributed by atoms with Crippen LogP contribution >= 0.6 is 0 Å². The molecule has 1 aromatic heterocycles. The normalized spacial score (nSPS) is 11.7. The summed E-state index contributed by atoms with van der Waals surface area (Å²) in [7, 11) is 0. The van der Waals surface area contributed by atoms with E-state index in [9.17, 15) is 8.78 Å². The third kappa shape index (κ3) is 2.86. The summed E-state index contributed by atoms with van der Waals surface area (Å²) >= 11 is 0. The Kier molecular flexibility index (Phi) is 3.71. The Bertz CT molecular complexity index is 635. The minimum Gasteiger partial charge on any atom is -0.362 e. The summed E-state index contributed by atoms with van der Waals surface area (Å²) in [5.74, 6) is -1.36. The average molecular weight is 259 g/mol. The SMILES string of the molecule is CC(Nc1ncccc1C#N)c1ccc(F)c(F)c1. The molecular formula is C14H11F2N3. The molecule has 0 spiro atoms. The summed E-state index contributed by atoms with van der Waals surface area (Å²) in [6.45, 7) is 1.78. The molecule has 0 fully saturated rings. The van der Waals surface area contributed by atoms with Crippen molar-refractivity contribution in [3.63, 3.8) is 0 Å². The van der Waals surface area contributed by atoms with Gasteiger partial charge in [-0.15, -0.1) is 0 Å². The van der Waals surface area contributed by atoms with Crippen LogP contribution in [0.3, 0.4) is 0 Å². The number of aromatic nitrogens is 1. The summed E-state index contributed by atoms with van der Waals surface area (Å²) in [5.41, 5.74) is 0.977. The third-order valence-corrected chi connectivity index (χ3v) is 2.73. The Morgan fingerprint density at radius 3 is 2.74 bits per heavy atom. The number of rotatable bonds is 3. The van der Waals surface area contributed by atoms with E-state index >= 15 is 0 Å². The predicted octanol–water partition coefficient (Wildman–Crippen LogP) is 3.40. The van der Waals surface area contributed by atoms with E-state index in [-0.39, 0.29) is 6.04 Å². The molecule has 1 aromatic carbocycles. The van der Waals surface area contributed by atoms with E-state index in [0.717, 1.165) is 12.1 Å². The van der Waals surface area contributed by atoms with Gasteiger partial charge in [0.1, 0.15) is 11.9 Å². The van der Waals surface area contributed by atoms with Crippen molar-refractivity contribution < 1.29 is 8.78 Å². The highest BCUT2D eigenvalue weighted by atomic mass is 19.2. The fraction of sp³-hybridized carbons (Fsp3) is 0.143. The number of nitriles is 1. The molecule has 96 valence electrons. The smallest absolute Gasteiger partial charge is 0.159 e. The zero-order valence-electron chi connectivity index (χ0n) is 10.2. The van der Waals surface area contributed by atoms with Gasteiger partial charge in [0.05, 0.1) is 11.6 Å². The zero-order chi connectivity index (χ0) is 13.8. The molecule has 3 nitrogen and oxygen atoms in total. The van der Waals surface area contributed by atoms with Crippen LogP contribution in [0.5, 0.6) is 0 Å². The Hall–Kier alpha value is -2.48. The van der Waals surface area contributed by atoms with Gasteiger partial charge in [-0.25, -0.2) is 13.8 Å². The van der Waals surface area contributed by atoms with Crippen LogP contribution < -0.4 is 5.32 Å². The third-order valence-electron chi connectivity index (χ3n) is 2.73. The van der Waals surface area contributed by atoms with E-state index in [1.54, 1.807) is 25.3 Å². The van der Waals surface area contributed by atoms with E-state index in [1.165, 1.54) is 6.07 Å². The van der Waals surface area contributed by atoms with Crippen LogP contribution in [0.15, 0.2) is 36.5 Å². The van der Waals surface area contributed by atoms with Gasteiger partial charge in [-0.2, -0.15) is 5.26 Å². The number of anilines is 1. The zero-order valence-corrected chi connectivity index (χ0v) is 10.2. The average Bonchev–Trinajstić information content (AvgIpc) is 2.42. The molecule has 0 saturated carbocycles. The first kappa shape index (κ1) is 13.0. The molecule has 1 N–H and O–H groups in total. The lowest BCUT2D eigenvalue weighted by atomic mass is 10.1. The fourth-order valence-electron chi connectivity index (χ4n) is 1.68. The molecule has 19 heavy (non-hydrogen) atoms. The van der Waals surface area contributed by atoms with E-state index in [1.807, 2.05) is 6.07 Å². The molecule has 0 radical (unpaired) electrons. The highest BCUT2D eigenvalue weighted by molar-refractivity contribution is 5.52. The van der Waals surface area contributed by atoms with Crippen molar-refractivity contribution in [3.05, 3.63) is 59.3 Å². The second kappa shape index (κ2) is 5.44. The van der Waals surface area contributed by atoms with Crippen LogP contribution in [0.2, 0.25) is 0 Å². The van der Waals surface area contributed by atoms with Crippen molar-refractivity contribution in [2.45, 2.75) is 13.0 Å². The van der Waals surface area contributed by atoms with E-state index in [2.05, 4.69) is 10.3 Å². The summed E-state index contributed by atoms with van der Waals surface area (Å²) in [4.78, 5) is 4.05. The Balaban J connectivity index is 2.23. The maximum Gasteiger partial charge on any atom is 0.159 e. The molecule has 0 bridgehead atoms. The van der Waals surface area contributed by atoms with Gasteiger partial charge < -0.3 is 5.32 Å². The van der Waals surface area contributed by atoms with Crippen molar-refractivity contribution in [1.29, 1.82) is 5.26 Å². The number of benzene rings is 1. The Labute approximate surface area is 109 Å². The molecule has 0 aliphatic heterocycles. The molecule has 2 rings (SSSR count). The molecule has 1 unspecified atom stereocenters. The topological polar surface area (TPSA) is 48.7 Å². The molecule has 0 aliphatic carbocycles. The van der Waals surface area contributed by atoms with Gasteiger partial charge in [-0.05, 0) is 36.8 Å². The first-order valence-corrected chi connectivity index (χ1v) is 5.68. The van der Waals surface area contributed by atoms with Gasteiger partial charge in [-0.3, -0.25) is 0 Å². The lowest BCUT2D eigenvalue weighted by Crippen LogP contribution is -2.09. The van der Waals surface area contributed by atoms with Crippen LogP contribution in [0.25, 0.3) is 0 Å². The van der Waals surface area contributed by atoms with E-state index in [0.29, 0.717) is 16.9 Å². The van der Waals surface area contributed by atoms with Crippen LogP contribution in [-0.4, -0.2) is 4.98 Å². The largest absolute Gasteiger partial charge is 0.362 e. The van der Waals surface area contributed by atoms with E-state index < -0.39 is 11.6 Å². The lowest BCUT2D eigenvalue weighted by Gasteiger charge is -2.15. The summed E-state index contributed by atoms with van der Waals surface area (Å²) in [5, 5.41) is 11.9. The van der Waals surface area contributed by atoms with Gasteiger partial charge in [-0.1, -0.05) is 6.07 Å². The van der Waals surface area contributed by atoms with Crippen molar-refractivity contribution >= 4 is 5.82 Å². The quantitative estimate of drug-likeness (QED) is 0.918. The number of nitrogens with zero attached hydrogens (tertiary/aromatic N) is 2. The maximum atomic E-state index is 13.2. The first-order valence-electron chi connectivity index (χ1n) is 5.68. The number of nitrogens with one attached hydrogen (secondary N) is 1. The summed E-state index contributed by atoms with van der Waals surface area (Å²) in [6, 6.07) is 8.70. The molecule has 1 atom stereocenters. The van der Waals surface area contributed by atoms with Crippen molar-refractivity contribution in [2.75, 3.05) is 5.32 Å². The summed E-state index contributed by atoms with van der Waals surface area (Å²) in [6.07, 6.45) is 1.56. The predicted molar refractivity (Wildman–Crippen MR) is 67.3 cm³/mol. The first-order chi connectivity index (χ1) is 9.11. The maximum absolute atomic E-state index is 13.2. The lowest BCUT2D eigenvalue weighted by molar-refractivity contribution is 0.506. The van der Waals surface area contributed by atoms with Gasteiger partial charge >= 0.3 is 0 Å². The minimum atomic E-state index is -0.896. The molecule has 1 heterocycles. The van der Waals surface area contributed by atoms with Crippen LogP contribution in [0, 0.1) is 23.0 Å². The Morgan fingerprint density at radius 1 is 1.26 bits per heavy atom. The summed E-state index contributed by atoms with van der Waals surface area (Å²) < 4.78 is 26.0. The fourth-order valence-corrected chi connectivity index (χ4v) is 1.68. The van der Waals surface area contributed by atoms with Crippen LogP contribution in [0.4, 0.5) is 14.6 Å². The van der Waals surface area contributed by atoms with Crippen LogP contribution in [0.1, 0.15) is 24.1 Å². The molecule has 5 heteroatoms. The Morgan fingerprint density at radius 2 is 2.05 bits per heavy atom. The van der Waals surface area contributed by atoms with E-state index in [4.69, 9.17) is 5.26 Å². The number of halogens is 2. The number of hydrogen-bond acceptors (Lipinski definition) is 3. The standard InChI is InChI=1S/C14H11F2N3/c1-9(10-4-5-12(15)13(16)7-10)19-14-11(8-17)3-2-6-18-14/h2-7,9H,1H3,(H,18,19). The minimum absolute atomic E-state index is 0.294. The number of hydrogen-bond donors (Lipinski definition) is 1. The molecular weight excluding hydrogens is 248 g/mol. The highest BCUT2D eigenvalue weighted by Gasteiger charge is 2.11. The van der Waals surface area contributed by atoms with Crippen LogP contribution in [-0.2, 0) is 0 Å². The van der Waals surface area contributed by atoms with Gasteiger partial charge in [0.25, 0.3) is 0 Å². The molecule has 0 saturated heterocycles. The molecule has 2 aromatic rings. The second-order valence-corrected chi connectivity index (χ2v) is 4.05. The van der Waals surface area contributed by atoms with Crippen molar-refractivity contribution in [2.24, 2.45) is 0 Å². The number of pyridine rings is 1. The van der Waals surface area contributed by atoms with Gasteiger partial charge in [0.2, 0.25) is 0 Å². The van der Waals surface area contributed by atoms with Gasteiger partial charge in [0, 0.05) is 6.20 Å². The second-order valence-electron chi connectivity index (χ2n) is 4.05. The van der Waals surface area contributed by atoms with Crippen molar-refractivity contribution in [3.8, 4) is 6.07 Å². The molecule has 0 amide bonds. The molecule has 0 aliphatic rings. The highest BCUT2D eigenvalue weighted by Crippen LogP contribution is 2.21. The van der Waals surface area contributed by atoms with Crippen molar-refractivity contribution in [1.82, 2.24) is 4.98 Å². The monoisotopic (exact) mass is 259 g/mol. The van der Waals surface area contributed by atoms with Gasteiger partial charge in [0.15, 0.2) is 11.6 Å².